The molecular weight excluding hydrogens is 414 g/mol. The zero-order chi connectivity index (χ0) is 19.8. The van der Waals surface area contributed by atoms with Crippen LogP contribution in [0.15, 0.2) is 53.0 Å². The van der Waals surface area contributed by atoms with E-state index in [0.717, 1.165) is 15.6 Å². The number of methoxy groups -OCH3 is 2. The monoisotopic (exact) mass is 433 g/mol. The van der Waals surface area contributed by atoms with Crippen LogP contribution < -0.4 is 5.32 Å². The van der Waals surface area contributed by atoms with Crippen molar-refractivity contribution in [3.05, 3.63) is 58.6 Å². The normalized spacial score (nSPS) is 11.4. The van der Waals surface area contributed by atoms with Crippen molar-refractivity contribution in [3.8, 4) is 11.1 Å². The lowest BCUT2D eigenvalue weighted by Crippen LogP contribution is -2.42. The summed E-state index contributed by atoms with van der Waals surface area (Å²) >= 11 is 3.42. The van der Waals surface area contributed by atoms with E-state index in [0.29, 0.717) is 5.56 Å². The van der Waals surface area contributed by atoms with Gasteiger partial charge < -0.3 is 14.8 Å². The molecule has 1 atom stereocenters. The number of rotatable bonds is 7. The van der Waals surface area contributed by atoms with Crippen molar-refractivity contribution in [1.82, 2.24) is 5.32 Å². The second-order valence-electron chi connectivity index (χ2n) is 5.72. The zero-order valence-electron chi connectivity index (χ0n) is 15.0. The minimum atomic E-state index is -0.950. The highest BCUT2D eigenvalue weighted by Gasteiger charge is 2.24. The van der Waals surface area contributed by atoms with E-state index in [4.69, 9.17) is 4.74 Å². The second kappa shape index (κ2) is 9.87. The van der Waals surface area contributed by atoms with Crippen molar-refractivity contribution in [2.75, 3.05) is 14.2 Å². The van der Waals surface area contributed by atoms with Gasteiger partial charge in [-0.3, -0.25) is 9.59 Å². The summed E-state index contributed by atoms with van der Waals surface area (Å²) in [5.74, 6) is -1.51. The molecule has 0 heterocycles. The Labute approximate surface area is 166 Å². The van der Waals surface area contributed by atoms with Crippen molar-refractivity contribution in [2.45, 2.75) is 18.9 Å². The van der Waals surface area contributed by atoms with Crippen molar-refractivity contribution in [2.24, 2.45) is 0 Å². The first-order chi connectivity index (χ1) is 13.0. The average Bonchev–Trinajstić information content (AvgIpc) is 2.70. The van der Waals surface area contributed by atoms with Crippen molar-refractivity contribution < 1.29 is 23.9 Å². The topological polar surface area (TPSA) is 81.7 Å². The van der Waals surface area contributed by atoms with E-state index in [1.165, 1.54) is 14.2 Å². The maximum Gasteiger partial charge on any atom is 0.328 e. The van der Waals surface area contributed by atoms with E-state index in [2.05, 4.69) is 26.0 Å². The van der Waals surface area contributed by atoms with Crippen LogP contribution in [0.25, 0.3) is 11.1 Å². The van der Waals surface area contributed by atoms with Gasteiger partial charge in [0.15, 0.2) is 0 Å². The molecule has 7 heteroatoms. The standard InChI is InChI=1S/C20H20BrNO5/c1-26-18(23)11-10-17(20(25)27-2)22-19(24)15-9-8-14(21)12-16(15)13-6-4-3-5-7-13/h3-9,12,17H,10-11H2,1-2H3,(H,22,24). The molecule has 0 radical (unpaired) electrons. The first-order valence-corrected chi connectivity index (χ1v) is 9.06. The summed E-state index contributed by atoms with van der Waals surface area (Å²) in [6, 6.07) is 13.8. The number of hydrogen-bond donors (Lipinski definition) is 1. The summed E-state index contributed by atoms with van der Waals surface area (Å²) in [5.41, 5.74) is 2.00. The summed E-state index contributed by atoms with van der Waals surface area (Å²) in [4.78, 5) is 36.2. The predicted molar refractivity (Wildman–Crippen MR) is 104 cm³/mol. The molecule has 27 heavy (non-hydrogen) atoms. The van der Waals surface area contributed by atoms with Crippen LogP contribution in [-0.4, -0.2) is 38.1 Å². The molecule has 0 spiro atoms. The maximum atomic E-state index is 12.8. The van der Waals surface area contributed by atoms with Gasteiger partial charge in [0.1, 0.15) is 6.04 Å². The van der Waals surface area contributed by atoms with Gasteiger partial charge in [-0.15, -0.1) is 0 Å². The summed E-state index contributed by atoms with van der Waals surface area (Å²) in [7, 11) is 2.50. The van der Waals surface area contributed by atoms with Crippen LogP contribution in [0.2, 0.25) is 0 Å². The molecule has 0 aliphatic carbocycles. The van der Waals surface area contributed by atoms with E-state index in [9.17, 15) is 14.4 Å². The summed E-state index contributed by atoms with van der Waals surface area (Å²) < 4.78 is 10.1. The highest BCUT2D eigenvalue weighted by Crippen LogP contribution is 2.27. The van der Waals surface area contributed by atoms with Crippen molar-refractivity contribution in [3.63, 3.8) is 0 Å². The number of halogens is 1. The number of carbonyl (C=O) groups excluding carboxylic acids is 3. The minimum Gasteiger partial charge on any atom is -0.469 e. The van der Waals surface area contributed by atoms with Gasteiger partial charge in [-0.2, -0.15) is 0 Å². The molecule has 6 nitrogen and oxygen atoms in total. The highest BCUT2D eigenvalue weighted by atomic mass is 79.9. The minimum absolute atomic E-state index is 0.0115. The van der Waals surface area contributed by atoms with E-state index < -0.39 is 23.9 Å². The largest absolute Gasteiger partial charge is 0.469 e. The average molecular weight is 434 g/mol. The smallest absolute Gasteiger partial charge is 0.328 e. The Morgan fingerprint density at radius 1 is 1.04 bits per heavy atom. The van der Waals surface area contributed by atoms with Crippen molar-refractivity contribution in [1.29, 1.82) is 0 Å². The van der Waals surface area contributed by atoms with Gasteiger partial charge in [-0.05, 0) is 35.7 Å². The Kier molecular flexibility index (Phi) is 7.55. The van der Waals surface area contributed by atoms with Gasteiger partial charge in [-0.25, -0.2) is 4.79 Å². The van der Waals surface area contributed by atoms with Crippen LogP contribution in [0.1, 0.15) is 23.2 Å². The van der Waals surface area contributed by atoms with Gasteiger partial charge in [-0.1, -0.05) is 46.3 Å². The number of ether oxygens (including phenoxy) is 2. The lowest BCUT2D eigenvalue weighted by Gasteiger charge is -2.17. The number of amides is 1. The quantitative estimate of drug-likeness (QED) is 0.677. The van der Waals surface area contributed by atoms with Crippen LogP contribution >= 0.6 is 15.9 Å². The van der Waals surface area contributed by atoms with Crippen LogP contribution in [-0.2, 0) is 19.1 Å². The van der Waals surface area contributed by atoms with E-state index in [1.54, 1.807) is 12.1 Å². The first kappa shape index (κ1) is 20.6. The molecule has 0 saturated heterocycles. The van der Waals surface area contributed by atoms with Crippen LogP contribution in [0.3, 0.4) is 0 Å². The Morgan fingerprint density at radius 2 is 1.74 bits per heavy atom. The number of nitrogens with one attached hydrogen (secondary N) is 1. The summed E-state index contributed by atoms with van der Waals surface area (Å²) in [6.07, 6.45) is 0.0741. The van der Waals surface area contributed by atoms with Gasteiger partial charge >= 0.3 is 11.9 Å². The molecule has 0 fully saturated rings. The van der Waals surface area contributed by atoms with Gasteiger partial charge in [0.05, 0.1) is 14.2 Å². The molecule has 2 rings (SSSR count). The molecule has 142 valence electrons. The molecule has 0 aromatic heterocycles. The van der Waals surface area contributed by atoms with Gasteiger partial charge in [0.25, 0.3) is 5.91 Å². The first-order valence-electron chi connectivity index (χ1n) is 8.26. The molecule has 0 aliphatic heterocycles. The second-order valence-corrected chi connectivity index (χ2v) is 6.64. The number of esters is 2. The Morgan fingerprint density at radius 3 is 2.37 bits per heavy atom. The van der Waals surface area contributed by atoms with Crippen molar-refractivity contribution >= 4 is 33.8 Å². The lowest BCUT2D eigenvalue weighted by molar-refractivity contribution is -0.144. The number of hydrogen-bond acceptors (Lipinski definition) is 5. The van der Waals surface area contributed by atoms with Crippen LogP contribution in [0.4, 0.5) is 0 Å². The van der Waals surface area contributed by atoms with Crippen LogP contribution in [0.5, 0.6) is 0 Å². The fourth-order valence-electron chi connectivity index (χ4n) is 2.56. The maximum absolute atomic E-state index is 12.8. The molecule has 1 amide bonds. The molecule has 2 aromatic rings. The zero-order valence-corrected chi connectivity index (χ0v) is 16.6. The Bertz CT molecular complexity index is 822. The van der Waals surface area contributed by atoms with E-state index in [1.807, 2.05) is 36.4 Å². The molecule has 0 aliphatic rings. The number of benzene rings is 2. The van der Waals surface area contributed by atoms with Gasteiger partial charge in [0, 0.05) is 16.5 Å². The van der Waals surface area contributed by atoms with Crippen LogP contribution in [0, 0.1) is 0 Å². The lowest BCUT2D eigenvalue weighted by atomic mass is 9.99. The van der Waals surface area contributed by atoms with Gasteiger partial charge in [0.2, 0.25) is 0 Å². The molecule has 0 saturated carbocycles. The molecule has 1 unspecified atom stereocenters. The fourth-order valence-corrected chi connectivity index (χ4v) is 2.92. The molecule has 0 bridgehead atoms. The van der Waals surface area contributed by atoms with E-state index in [-0.39, 0.29) is 12.8 Å². The fraction of sp³-hybridized carbons (Fsp3) is 0.250. The number of carbonyl (C=O) groups is 3. The molecule has 2 aromatic carbocycles. The molecular formula is C20H20BrNO5. The third-order valence-electron chi connectivity index (χ3n) is 3.97. The summed E-state index contributed by atoms with van der Waals surface area (Å²) in [5, 5.41) is 2.66. The highest BCUT2D eigenvalue weighted by molar-refractivity contribution is 9.10. The summed E-state index contributed by atoms with van der Waals surface area (Å²) in [6.45, 7) is 0. The van der Waals surface area contributed by atoms with E-state index >= 15 is 0 Å². The Balaban J connectivity index is 2.27. The third-order valence-corrected chi connectivity index (χ3v) is 4.46. The third kappa shape index (κ3) is 5.65. The predicted octanol–water partition coefficient (Wildman–Crippen LogP) is 3.34. The molecule has 1 N–H and O–H groups in total. The SMILES string of the molecule is COC(=O)CCC(NC(=O)c1ccc(Br)cc1-c1ccccc1)C(=O)OC. The Hall–Kier alpha value is -2.67.